The molecule has 0 radical (unpaired) electrons. The van der Waals surface area contributed by atoms with Crippen LogP contribution in [-0.4, -0.2) is 16.9 Å². The smallest absolute Gasteiger partial charge is 0.310 e. The predicted molar refractivity (Wildman–Crippen MR) is 78.1 cm³/mol. The highest BCUT2D eigenvalue weighted by molar-refractivity contribution is 5.99. The average Bonchev–Trinajstić information content (AvgIpc) is 1.91. The Hall–Kier alpha value is -0.860. The van der Waals surface area contributed by atoms with Gasteiger partial charge in [-0.2, -0.15) is 0 Å². The molecular formula is C16H30O3. The van der Waals surface area contributed by atoms with Crippen LogP contribution in [-0.2, 0) is 9.59 Å². The number of carboxylic acid groups (broad SMARTS) is 1. The molecule has 1 N–H and O–H groups in total. The summed E-state index contributed by atoms with van der Waals surface area (Å²) in [6, 6.07) is 0. The Balaban J connectivity index is 6.27. The zero-order chi connectivity index (χ0) is 15.9. The molecule has 0 unspecified atom stereocenters. The van der Waals surface area contributed by atoms with Gasteiger partial charge in [0, 0.05) is 5.41 Å². The van der Waals surface area contributed by atoms with Gasteiger partial charge in [-0.05, 0) is 16.2 Å². The zero-order valence-electron chi connectivity index (χ0n) is 14.0. The first kappa shape index (κ1) is 18.1. The largest absolute Gasteiger partial charge is 0.481 e. The number of carboxylic acids is 1. The quantitative estimate of drug-likeness (QED) is 0.784. The van der Waals surface area contributed by atoms with Gasteiger partial charge in [-0.3, -0.25) is 9.59 Å². The van der Waals surface area contributed by atoms with Crippen LogP contribution in [0.2, 0.25) is 0 Å². The number of ketones is 1. The third-order valence-electron chi connectivity index (χ3n) is 4.11. The molecule has 112 valence electrons. The minimum Gasteiger partial charge on any atom is -0.481 e. The predicted octanol–water partition coefficient (Wildman–Crippen LogP) is 4.15. The molecule has 0 bridgehead atoms. The maximum Gasteiger partial charge on any atom is 0.310 e. The van der Waals surface area contributed by atoms with E-state index < -0.39 is 17.8 Å². The van der Waals surface area contributed by atoms with E-state index in [9.17, 15) is 9.59 Å². The van der Waals surface area contributed by atoms with Crippen LogP contribution in [0.4, 0.5) is 0 Å². The number of hydrogen-bond acceptors (Lipinski definition) is 2. The van der Waals surface area contributed by atoms with Gasteiger partial charge in [0.05, 0.1) is 0 Å². The second-order valence-electron chi connectivity index (χ2n) is 8.49. The molecular weight excluding hydrogens is 240 g/mol. The van der Waals surface area contributed by atoms with E-state index in [0.29, 0.717) is 0 Å². The number of rotatable bonds is 3. The second-order valence-corrected chi connectivity index (χ2v) is 8.49. The molecule has 0 aliphatic heterocycles. The van der Waals surface area contributed by atoms with Crippen LogP contribution < -0.4 is 0 Å². The summed E-state index contributed by atoms with van der Waals surface area (Å²) in [5.41, 5.74) is -1.69. The number of Topliss-reactive ketones (excluding diaryl/α,β-unsaturated/α-hetero) is 1. The van der Waals surface area contributed by atoms with Crippen LogP contribution in [0, 0.1) is 21.7 Å². The molecule has 0 heterocycles. The molecule has 3 heteroatoms. The van der Waals surface area contributed by atoms with Crippen LogP contribution in [0.1, 0.15) is 68.7 Å². The normalized spacial score (nSPS) is 14.4. The van der Waals surface area contributed by atoms with Gasteiger partial charge in [-0.25, -0.2) is 0 Å². The minimum atomic E-state index is -1.05. The third kappa shape index (κ3) is 3.01. The topological polar surface area (TPSA) is 54.4 Å². The van der Waals surface area contributed by atoms with Gasteiger partial charge in [0.25, 0.3) is 0 Å². The van der Waals surface area contributed by atoms with Crippen molar-refractivity contribution in [3.05, 3.63) is 0 Å². The average molecular weight is 270 g/mol. The molecule has 0 aromatic carbocycles. The summed E-state index contributed by atoms with van der Waals surface area (Å²) in [7, 11) is 0. The molecule has 0 aliphatic rings. The first-order chi connectivity index (χ1) is 8.09. The van der Waals surface area contributed by atoms with Gasteiger partial charge in [-0.1, -0.05) is 62.3 Å². The molecule has 0 rings (SSSR count). The highest BCUT2D eigenvalue weighted by atomic mass is 16.4. The molecule has 0 saturated carbocycles. The van der Waals surface area contributed by atoms with Gasteiger partial charge < -0.3 is 5.11 Å². The van der Waals surface area contributed by atoms with Gasteiger partial charge in [0.1, 0.15) is 6.42 Å². The Labute approximate surface area is 117 Å². The lowest BCUT2D eigenvalue weighted by Crippen LogP contribution is -2.60. The molecule has 0 spiro atoms. The van der Waals surface area contributed by atoms with Crippen molar-refractivity contribution in [2.45, 2.75) is 68.7 Å². The maximum absolute atomic E-state index is 12.8. The summed E-state index contributed by atoms with van der Waals surface area (Å²) in [5.74, 6) is -1.22. The van der Waals surface area contributed by atoms with E-state index in [1.807, 2.05) is 62.3 Å². The van der Waals surface area contributed by atoms with Gasteiger partial charge in [0.15, 0.2) is 5.78 Å². The van der Waals surface area contributed by atoms with Crippen molar-refractivity contribution in [3.63, 3.8) is 0 Å². The fourth-order valence-electron chi connectivity index (χ4n) is 4.90. The van der Waals surface area contributed by atoms with Crippen molar-refractivity contribution < 1.29 is 14.7 Å². The molecule has 3 nitrogen and oxygen atoms in total. The lowest BCUT2D eigenvalue weighted by Gasteiger charge is -2.59. The third-order valence-corrected chi connectivity index (χ3v) is 4.11. The van der Waals surface area contributed by atoms with E-state index in [1.165, 1.54) is 0 Å². The van der Waals surface area contributed by atoms with Crippen LogP contribution in [0.3, 0.4) is 0 Å². The first-order valence-corrected chi connectivity index (χ1v) is 6.84. The van der Waals surface area contributed by atoms with Crippen LogP contribution >= 0.6 is 0 Å². The SMILES string of the molecule is CC(C)(C)C(C(=O)CC(=O)O)(C(C)(C)C)C(C)(C)C. The van der Waals surface area contributed by atoms with Gasteiger partial charge >= 0.3 is 5.97 Å². The zero-order valence-corrected chi connectivity index (χ0v) is 14.0. The van der Waals surface area contributed by atoms with Crippen LogP contribution in [0.5, 0.6) is 0 Å². The van der Waals surface area contributed by atoms with Crippen molar-refractivity contribution in [2.24, 2.45) is 21.7 Å². The van der Waals surface area contributed by atoms with E-state index in [0.717, 1.165) is 0 Å². The van der Waals surface area contributed by atoms with Crippen LogP contribution in [0.25, 0.3) is 0 Å². The highest BCUT2D eigenvalue weighted by Crippen LogP contribution is 2.62. The van der Waals surface area contributed by atoms with Crippen molar-refractivity contribution >= 4 is 11.8 Å². The molecule has 0 saturated heterocycles. The summed E-state index contributed by atoms with van der Waals surface area (Å²) < 4.78 is 0. The fraction of sp³-hybridized carbons (Fsp3) is 0.875. The first-order valence-electron chi connectivity index (χ1n) is 6.84. The molecule has 19 heavy (non-hydrogen) atoms. The van der Waals surface area contributed by atoms with Crippen molar-refractivity contribution in [1.29, 1.82) is 0 Å². The van der Waals surface area contributed by atoms with E-state index in [2.05, 4.69) is 0 Å². The summed E-state index contributed by atoms with van der Waals surface area (Å²) in [4.78, 5) is 23.9. The van der Waals surface area contributed by atoms with E-state index >= 15 is 0 Å². The summed E-state index contributed by atoms with van der Waals surface area (Å²) >= 11 is 0. The van der Waals surface area contributed by atoms with Gasteiger partial charge in [-0.15, -0.1) is 0 Å². The second kappa shape index (κ2) is 4.92. The monoisotopic (exact) mass is 270 g/mol. The Bertz CT molecular complexity index is 323. The minimum absolute atomic E-state index is 0.174. The number of hydrogen-bond donors (Lipinski definition) is 1. The standard InChI is InChI=1S/C16H30O3/c1-13(2,3)16(14(4,5)6,15(7,8)9)11(17)10-12(18)19/h10H2,1-9H3,(H,18,19). The molecule has 0 fully saturated rings. The Morgan fingerprint density at radius 3 is 1.16 bits per heavy atom. The molecule has 0 atom stereocenters. The Morgan fingerprint density at radius 2 is 1.00 bits per heavy atom. The van der Waals surface area contributed by atoms with Crippen molar-refractivity contribution in [1.82, 2.24) is 0 Å². The summed E-state index contributed by atoms with van der Waals surface area (Å²) in [6.07, 6.45) is -0.411. The molecule has 0 aromatic heterocycles. The number of aliphatic carboxylic acids is 1. The Morgan fingerprint density at radius 1 is 0.737 bits per heavy atom. The van der Waals surface area contributed by atoms with Crippen molar-refractivity contribution in [2.75, 3.05) is 0 Å². The van der Waals surface area contributed by atoms with Crippen molar-refractivity contribution in [3.8, 4) is 0 Å². The fourth-order valence-corrected chi connectivity index (χ4v) is 4.90. The van der Waals surface area contributed by atoms with E-state index in [-0.39, 0.29) is 22.0 Å². The lowest BCUT2D eigenvalue weighted by atomic mass is 9.43. The Kier molecular flexibility index (Phi) is 4.69. The number of carbonyl (C=O) groups excluding carboxylic acids is 1. The summed E-state index contributed by atoms with van der Waals surface area (Å²) in [5, 5.41) is 9.02. The molecule has 0 amide bonds. The van der Waals surface area contributed by atoms with Crippen LogP contribution in [0.15, 0.2) is 0 Å². The highest BCUT2D eigenvalue weighted by Gasteiger charge is 2.61. The number of carbonyl (C=O) groups is 2. The lowest BCUT2D eigenvalue weighted by molar-refractivity contribution is -0.169. The molecule has 0 aliphatic carbocycles. The summed E-state index contributed by atoms with van der Waals surface area (Å²) in [6.45, 7) is 18.3. The maximum atomic E-state index is 12.8. The van der Waals surface area contributed by atoms with E-state index in [4.69, 9.17) is 5.11 Å². The van der Waals surface area contributed by atoms with Gasteiger partial charge in [0.2, 0.25) is 0 Å². The molecule has 0 aromatic rings. The van der Waals surface area contributed by atoms with E-state index in [1.54, 1.807) is 0 Å².